The molecule has 4 rings (SSSR count). The average Bonchev–Trinajstić information content (AvgIpc) is 3.36. The molecular weight excluding hydrogens is 378 g/mol. The number of carbonyl (C=O) groups excluding carboxylic acids is 1. The van der Waals surface area contributed by atoms with Crippen LogP contribution in [0.2, 0.25) is 0 Å². The number of hydrogen-bond acceptors (Lipinski definition) is 6. The Morgan fingerprint density at radius 3 is 2.93 bits per heavy atom. The highest BCUT2D eigenvalue weighted by Crippen LogP contribution is 2.31. The topological polar surface area (TPSA) is 83.2 Å². The molecular formula is C19H21N5O3S. The number of carbonyl (C=O) groups is 1. The summed E-state index contributed by atoms with van der Waals surface area (Å²) in [6.45, 7) is 3.53. The zero-order valence-corrected chi connectivity index (χ0v) is 16.3. The Kier molecular flexibility index (Phi) is 5.36. The van der Waals surface area contributed by atoms with Gasteiger partial charge in [0.15, 0.2) is 5.11 Å². The van der Waals surface area contributed by atoms with E-state index in [1.54, 1.807) is 42.3 Å². The number of fused-ring (bicyclic) bond motifs is 1. The summed E-state index contributed by atoms with van der Waals surface area (Å²) in [6.07, 6.45) is 6.85. The first kappa shape index (κ1) is 18.6. The Bertz CT molecular complexity index is 993. The lowest BCUT2D eigenvalue weighted by Gasteiger charge is -2.26. The van der Waals surface area contributed by atoms with E-state index in [0.717, 1.165) is 18.4 Å². The fourth-order valence-electron chi connectivity index (χ4n) is 3.38. The zero-order chi connectivity index (χ0) is 19.5. The van der Waals surface area contributed by atoms with Gasteiger partial charge in [-0.3, -0.25) is 4.57 Å². The molecule has 0 unspecified atom stereocenters. The highest BCUT2D eigenvalue weighted by atomic mass is 32.1. The van der Waals surface area contributed by atoms with E-state index < -0.39 is 0 Å². The highest BCUT2D eigenvalue weighted by molar-refractivity contribution is 7.80. The van der Waals surface area contributed by atoms with Gasteiger partial charge in [-0.25, -0.2) is 14.8 Å². The van der Waals surface area contributed by atoms with Gasteiger partial charge in [-0.05, 0) is 50.2 Å². The van der Waals surface area contributed by atoms with Crippen molar-refractivity contribution in [3.05, 3.63) is 42.5 Å². The van der Waals surface area contributed by atoms with Crippen LogP contribution in [0.5, 0.6) is 0 Å². The molecule has 0 bridgehead atoms. The number of rotatable bonds is 4. The quantitative estimate of drug-likeness (QED) is 0.533. The largest absolute Gasteiger partial charge is 0.462 e. The summed E-state index contributed by atoms with van der Waals surface area (Å²) in [4.78, 5) is 20.8. The highest BCUT2D eigenvalue weighted by Gasteiger charge is 2.23. The summed E-state index contributed by atoms with van der Waals surface area (Å²) in [5.41, 5.74) is 2.14. The molecule has 1 N–H and O–H groups in total. The molecule has 3 aromatic rings. The second kappa shape index (κ2) is 8.07. The fraction of sp³-hybridized carbons (Fsp3) is 0.368. The predicted octanol–water partition coefficient (Wildman–Crippen LogP) is 3.01. The molecule has 146 valence electrons. The number of benzene rings is 1. The van der Waals surface area contributed by atoms with Crippen molar-refractivity contribution in [1.82, 2.24) is 19.1 Å². The molecule has 1 aromatic carbocycles. The van der Waals surface area contributed by atoms with Crippen molar-refractivity contribution < 1.29 is 14.3 Å². The van der Waals surface area contributed by atoms with Gasteiger partial charge in [-0.1, -0.05) is 0 Å². The van der Waals surface area contributed by atoms with Gasteiger partial charge in [0.05, 0.1) is 23.2 Å². The van der Waals surface area contributed by atoms with Crippen LogP contribution in [0.3, 0.4) is 0 Å². The number of nitrogens with one attached hydrogen (secondary N) is 1. The number of thiocarbonyl (C=S) groups is 1. The van der Waals surface area contributed by atoms with Crippen molar-refractivity contribution in [2.24, 2.45) is 0 Å². The van der Waals surface area contributed by atoms with Crippen molar-refractivity contribution in [3.63, 3.8) is 0 Å². The Morgan fingerprint density at radius 2 is 2.21 bits per heavy atom. The lowest BCUT2D eigenvalue weighted by atomic mass is 10.1. The molecule has 1 saturated heterocycles. The molecule has 1 aliphatic heterocycles. The molecule has 0 atom stereocenters. The van der Waals surface area contributed by atoms with E-state index in [0.29, 0.717) is 42.0 Å². The van der Waals surface area contributed by atoms with Gasteiger partial charge in [0, 0.05) is 31.6 Å². The Hall–Kier alpha value is -2.78. The minimum Gasteiger partial charge on any atom is -0.462 e. The molecule has 1 aliphatic rings. The van der Waals surface area contributed by atoms with E-state index in [1.807, 2.05) is 6.07 Å². The van der Waals surface area contributed by atoms with Crippen LogP contribution in [0, 0.1) is 0 Å². The average molecular weight is 399 g/mol. The normalized spacial score (nSPS) is 14.9. The van der Waals surface area contributed by atoms with Crippen molar-refractivity contribution in [3.8, 4) is 0 Å². The van der Waals surface area contributed by atoms with Crippen LogP contribution in [0.15, 0.2) is 36.9 Å². The molecule has 0 radical (unpaired) electrons. The van der Waals surface area contributed by atoms with Crippen molar-refractivity contribution in [1.29, 1.82) is 0 Å². The molecule has 0 spiro atoms. The fourth-order valence-corrected chi connectivity index (χ4v) is 3.58. The molecule has 0 aliphatic carbocycles. The third-order valence-electron chi connectivity index (χ3n) is 4.71. The first-order valence-corrected chi connectivity index (χ1v) is 9.64. The summed E-state index contributed by atoms with van der Waals surface area (Å²) in [7, 11) is 0. The maximum Gasteiger partial charge on any atom is 0.338 e. The minimum atomic E-state index is -0.353. The van der Waals surface area contributed by atoms with Gasteiger partial charge in [-0.2, -0.15) is 0 Å². The Labute approximate surface area is 167 Å². The maximum absolute atomic E-state index is 12.1. The third kappa shape index (κ3) is 3.63. The predicted molar refractivity (Wildman–Crippen MR) is 109 cm³/mol. The second-order valence-electron chi connectivity index (χ2n) is 6.47. The van der Waals surface area contributed by atoms with Crippen LogP contribution in [-0.4, -0.2) is 50.0 Å². The molecule has 28 heavy (non-hydrogen) atoms. The second-order valence-corrected chi connectivity index (χ2v) is 6.86. The van der Waals surface area contributed by atoms with Crippen molar-refractivity contribution >= 4 is 40.3 Å². The molecule has 9 heteroatoms. The number of imidazole rings is 2. The lowest BCUT2D eigenvalue weighted by Crippen LogP contribution is -2.24. The summed E-state index contributed by atoms with van der Waals surface area (Å²) >= 11 is 5.48. The summed E-state index contributed by atoms with van der Waals surface area (Å²) in [5.74, 6) is 0.287. The van der Waals surface area contributed by atoms with Gasteiger partial charge in [0.25, 0.3) is 0 Å². The van der Waals surface area contributed by atoms with Crippen LogP contribution in [0.1, 0.15) is 36.2 Å². The Balaban J connectivity index is 1.74. The van der Waals surface area contributed by atoms with Crippen LogP contribution < -0.4 is 5.32 Å². The van der Waals surface area contributed by atoms with Crippen LogP contribution in [0.25, 0.3) is 11.0 Å². The van der Waals surface area contributed by atoms with Crippen molar-refractivity contribution in [2.45, 2.75) is 25.8 Å². The first-order chi connectivity index (χ1) is 13.7. The summed E-state index contributed by atoms with van der Waals surface area (Å²) in [5, 5.41) is 3.70. The molecule has 8 nitrogen and oxygen atoms in total. The first-order valence-electron chi connectivity index (χ1n) is 9.23. The number of ether oxygens (including phenoxy) is 2. The van der Waals surface area contributed by atoms with Gasteiger partial charge < -0.3 is 19.4 Å². The third-order valence-corrected chi connectivity index (χ3v) is 5.03. The monoisotopic (exact) mass is 399 g/mol. The number of esters is 1. The molecule has 2 aromatic heterocycles. The summed E-state index contributed by atoms with van der Waals surface area (Å²) in [6, 6.07) is 5.68. The van der Waals surface area contributed by atoms with Crippen molar-refractivity contribution in [2.75, 3.05) is 25.1 Å². The van der Waals surface area contributed by atoms with Crippen LogP contribution >= 0.6 is 12.2 Å². The molecule has 0 amide bonds. The molecule has 1 fully saturated rings. The summed E-state index contributed by atoms with van der Waals surface area (Å²) < 4.78 is 14.5. The lowest BCUT2D eigenvalue weighted by molar-refractivity contribution is 0.0526. The van der Waals surface area contributed by atoms with E-state index >= 15 is 0 Å². The van der Waals surface area contributed by atoms with E-state index in [4.69, 9.17) is 26.7 Å². The van der Waals surface area contributed by atoms with Crippen LogP contribution in [0.4, 0.5) is 5.95 Å². The minimum absolute atomic E-state index is 0.236. The Morgan fingerprint density at radius 1 is 1.39 bits per heavy atom. The van der Waals surface area contributed by atoms with E-state index in [2.05, 4.69) is 14.9 Å². The number of hydrogen-bond donors (Lipinski definition) is 1. The van der Waals surface area contributed by atoms with Gasteiger partial charge in [0.1, 0.15) is 6.33 Å². The zero-order valence-electron chi connectivity index (χ0n) is 15.5. The van der Waals surface area contributed by atoms with Gasteiger partial charge in [0.2, 0.25) is 5.95 Å². The van der Waals surface area contributed by atoms with E-state index in [1.165, 1.54) is 0 Å². The van der Waals surface area contributed by atoms with E-state index in [9.17, 15) is 4.79 Å². The van der Waals surface area contributed by atoms with Gasteiger partial charge in [-0.15, -0.1) is 0 Å². The number of anilines is 1. The van der Waals surface area contributed by atoms with E-state index in [-0.39, 0.29) is 12.0 Å². The number of nitrogens with zero attached hydrogens (tertiary/aromatic N) is 4. The SMILES string of the molecule is CCOC(=O)c1ccc2c(c1)nc(NC(=S)n1ccnc1)n2C1CCOCC1. The standard InChI is InChI=1S/C19H21N5O3S/c1-2-27-17(25)13-3-4-16-15(11-13)21-18(22-19(28)23-8-7-20-12-23)24(16)14-5-9-26-10-6-14/h3-4,7-8,11-12,14H,2,5-6,9-10H2,1H3,(H,21,22,28). The smallest absolute Gasteiger partial charge is 0.338 e. The maximum atomic E-state index is 12.1. The van der Waals surface area contributed by atoms with Gasteiger partial charge >= 0.3 is 5.97 Å². The van der Waals surface area contributed by atoms with Crippen LogP contribution in [-0.2, 0) is 9.47 Å². The molecule has 0 saturated carbocycles. The number of aromatic nitrogens is 4. The molecule has 3 heterocycles.